The summed E-state index contributed by atoms with van der Waals surface area (Å²) in [6.45, 7) is 5.66. The molecule has 0 aromatic carbocycles. The van der Waals surface area contributed by atoms with Gasteiger partial charge < -0.3 is 15.4 Å². The van der Waals surface area contributed by atoms with Crippen LogP contribution in [-0.4, -0.2) is 41.1 Å². The molecule has 1 aromatic rings. The summed E-state index contributed by atoms with van der Waals surface area (Å²) in [5.74, 6) is 0.614. The number of nitrogens with two attached hydrogens (primary N) is 1. The predicted octanol–water partition coefficient (Wildman–Crippen LogP) is 1.40. The lowest BCUT2D eigenvalue weighted by molar-refractivity contribution is 0.0587. The van der Waals surface area contributed by atoms with Crippen molar-refractivity contribution in [1.82, 2.24) is 9.97 Å². The highest BCUT2D eigenvalue weighted by Crippen LogP contribution is 2.13. The number of methoxy groups -OCH3 is 1. The highest BCUT2D eigenvalue weighted by Gasteiger charge is 2.14. The fourth-order valence-corrected chi connectivity index (χ4v) is 1.79. The minimum atomic E-state index is -0.550. The van der Waals surface area contributed by atoms with Crippen LogP contribution >= 0.6 is 12.2 Å². The minimum absolute atomic E-state index is 0.0501. The van der Waals surface area contributed by atoms with E-state index in [2.05, 4.69) is 28.6 Å². The third-order valence-corrected chi connectivity index (χ3v) is 2.75. The van der Waals surface area contributed by atoms with Gasteiger partial charge in [-0.15, -0.1) is 0 Å². The van der Waals surface area contributed by atoms with Crippen molar-refractivity contribution < 1.29 is 9.53 Å². The first-order valence-electron chi connectivity index (χ1n) is 6.38. The van der Waals surface area contributed by atoms with Gasteiger partial charge in [-0.05, 0) is 12.0 Å². The summed E-state index contributed by atoms with van der Waals surface area (Å²) in [4.78, 5) is 22.1. The van der Waals surface area contributed by atoms with Crippen molar-refractivity contribution in [3.8, 4) is 0 Å². The topological polar surface area (TPSA) is 81.3 Å². The molecule has 0 saturated heterocycles. The Hall–Kier alpha value is -1.76. The van der Waals surface area contributed by atoms with E-state index in [1.165, 1.54) is 7.11 Å². The van der Waals surface area contributed by atoms with E-state index in [1.54, 1.807) is 12.3 Å². The Balaban J connectivity index is 2.94. The maximum absolute atomic E-state index is 11.5. The fraction of sp³-hybridized carbons (Fsp3) is 0.538. The van der Waals surface area contributed by atoms with Gasteiger partial charge in [0.15, 0.2) is 0 Å². The Morgan fingerprint density at radius 3 is 2.80 bits per heavy atom. The molecule has 0 radical (unpaired) electrons. The van der Waals surface area contributed by atoms with Crippen LogP contribution in [0.25, 0.3) is 0 Å². The number of hydrogen-bond donors (Lipinski definition) is 1. The first kappa shape index (κ1) is 16.3. The van der Waals surface area contributed by atoms with E-state index >= 15 is 0 Å². The summed E-state index contributed by atoms with van der Waals surface area (Å²) in [5.41, 5.74) is 5.55. The minimum Gasteiger partial charge on any atom is -0.463 e. The SMILES string of the molecule is COC(=O)c1nccc(N(CCC(N)=S)CC(C)C)n1. The van der Waals surface area contributed by atoms with E-state index in [1.807, 2.05) is 4.90 Å². The number of nitrogens with zero attached hydrogens (tertiary/aromatic N) is 3. The second kappa shape index (κ2) is 7.74. The van der Waals surface area contributed by atoms with Gasteiger partial charge in [-0.1, -0.05) is 26.1 Å². The molecule has 1 rings (SSSR count). The molecular formula is C13H20N4O2S. The molecule has 0 aliphatic carbocycles. The third kappa shape index (κ3) is 5.08. The molecule has 7 heteroatoms. The van der Waals surface area contributed by atoms with E-state index in [4.69, 9.17) is 18.0 Å². The smallest absolute Gasteiger partial charge is 0.376 e. The van der Waals surface area contributed by atoms with E-state index in [-0.39, 0.29) is 5.82 Å². The van der Waals surface area contributed by atoms with Gasteiger partial charge in [0.2, 0.25) is 5.82 Å². The van der Waals surface area contributed by atoms with Crippen LogP contribution < -0.4 is 10.6 Å². The van der Waals surface area contributed by atoms with Crippen LogP contribution in [0.2, 0.25) is 0 Å². The van der Waals surface area contributed by atoms with Gasteiger partial charge in [-0.3, -0.25) is 0 Å². The van der Waals surface area contributed by atoms with Crippen LogP contribution in [-0.2, 0) is 4.74 Å². The molecule has 0 aliphatic rings. The second-order valence-corrected chi connectivity index (χ2v) is 5.31. The van der Waals surface area contributed by atoms with E-state index in [0.29, 0.717) is 29.7 Å². The van der Waals surface area contributed by atoms with Crippen molar-refractivity contribution in [3.63, 3.8) is 0 Å². The number of aromatic nitrogens is 2. The molecule has 1 heterocycles. The Bertz CT molecular complexity index is 479. The Kier molecular flexibility index (Phi) is 6.30. The quantitative estimate of drug-likeness (QED) is 0.601. The standard InChI is InChI=1S/C13H20N4O2S/c1-9(2)8-17(7-5-10(14)20)11-4-6-15-12(16-11)13(18)19-3/h4,6,9H,5,7-8H2,1-3H3,(H2,14,20). The average molecular weight is 296 g/mol. The molecule has 0 spiro atoms. The zero-order valence-corrected chi connectivity index (χ0v) is 12.8. The first-order valence-corrected chi connectivity index (χ1v) is 6.79. The largest absolute Gasteiger partial charge is 0.463 e. The van der Waals surface area contributed by atoms with Crippen LogP contribution in [0.5, 0.6) is 0 Å². The van der Waals surface area contributed by atoms with Gasteiger partial charge in [0.05, 0.1) is 12.1 Å². The van der Waals surface area contributed by atoms with E-state index < -0.39 is 5.97 Å². The van der Waals surface area contributed by atoms with Crippen LogP contribution in [0.3, 0.4) is 0 Å². The molecule has 2 N–H and O–H groups in total. The molecule has 0 bridgehead atoms. The molecule has 0 fully saturated rings. The van der Waals surface area contributed by atoms with Gasteiger partial charge in [-0.25, -0.2) is 14.8 Å². The van der Waals surface area contributed by atoms with Crippen molar-refractivity contribution in [2.45, 2.75) is 20.3 Å². The second-order valence-electron chi connectivity index (χ2n) is 4.79. The Morgan fingerprint density at radius 2 is 2.25 bits per heavy atom. The molecule has 0 unspecified atom stereocenters. The summed E-state index contributed by atoms with van der Waals surface area (Å²) in [5, 5.41) is 0. The van der Waals surface area contributed by atoms with Crippen molar-refractivity contribution >= 4 is 29.0 Å². The van der Waals surface area contributed by atoms with Gasteiger partial charge >= 0.3 is 5.97 Å². The molecule has 0 atom stereocenters. The maximum Gasteiger partial charge on any atom is 0.376 e. The molecule has 110 valence electrons. The van der Waals surface area contributed by atoms with Crippen molar-refractivity contribution in [3.05, 3.63) is 18.1 Å². The van der Waals surface area contributed by atoms with Crippen LogP contribution in [0, 0.1) is 5.92 Å². The molecule has 0 saturated carbocycles. The number of anilines is 1. The van der Waals surface area contributed by atoms with E-state index in [0.717, 1.165) is 6.54 Å². The van der Waals surface area contributed by atoms with Crippen molar-refractivity contribution in [2.75, 3.05) is 25.1 Å². The number of carbonyl (C=O) groups excluding carboxylic acids is 1. The van der Waals surface area contributed by atoms with Gasteiger partial charge in [0.1, 0.15) is 5.82 Å². The number of carbonyl (C=O) groups is 1. The van der Waals surface area contributed by atoms with Crippen LogP contribution in [0.15, 0.2) is 12.3 Å². The number of thiocarbonyl (C=S) groups is 1. The van der Waals surface area contributed by atoms with Crippen LogP contribution in [0.4, 0.5) is 5.82 Å². The Labute approximate surface area is 124 Å². The zero-order valence-electron chi connectivity index (χ0n) is 12.0. The summed E-state index contributed by atoms with van der Waals surface area (Å²) < 4.78 is 4.63. The summed E-state index contributed by atoms with van der Waals surface area (Å²) in [7, 11) is 1.30. The molecule has 0 amide bonds. The maximum atomic E-state index is 11.5. The lowest BCUT2D eigenvalue weighted by atomic mass is 10.2. The fourth-order valence-electron chi connectivity index (χ4n) is 1.70. The molecular weight excluding hydrogens is 276 g/mol. The zero-order chi connectivity index (χ0) is 15.1. The molecule has 0 aliphatic heterocycles. The number of hydrogen-bond acceptors (Lipinski definition) is 6. The predicted molar refractivity (Wildman–Crippen MR) is 81.8 cm³/mol. The Morgan fingerprint density at radius 1 is 1.55 bits per heavy atom. The van der Waals surface area contributed by atoms with Gasteiger partial charge in [-0.2, -0.15) is 0 Å². The highest BCUT2D eigenvalue weighted by molar-refractivity contribution is 7.80. The van der Waals surface area contributed by atoms with Gasteiger partial charge in [0, 0.05) is 25.7 Å². The third-order valence-electron chi connectivity index (χ3n) is 2.55. The van der Waals surface area contributed by atoms with Crippen molar-refractivity contribution in [1.29, 1.82) is 0 Å². The molecule has 6 nitrogen and oxygen atoms in total. The first-order chi connectivity index (χ1) is 9.43. The lowest BCUT2D eigenvalue weighted by Gasteiger charge is -2.25. The number of rotatable bonds is 7. The van der Waals surface area contributed by atoms with Crippen LogP contribution in [0.1, 0.15) is 30.9 Å². The summed E-state index contributed by atoms with van der Waals surface area (Å²) in [6.07, 6.45) is 2.14. The number of ether oxygens (including phenoxy) is 1. The summed E-state index contributed by atoms with van der Waals surface area (Å²) in [6, 6.07) is 1.76. The monoisotopic (exact) mass is 296 g/mol. The van der Waals surface area contributed by atoms with E-state index in [9.17, 15) is 4.79 Å². The molecule has 20 heavy (non-hydrogen) atoms. The van der Waals surface area contributed by atoms with Gasteiger partial charge in [0.25, 0.3) is 0 Å². The molecule has 1 aromatic heterocycles. The average Bonchev–Trinajstić information content (AvgIpc) is 2.42. The van der Waals surface area contributed by atoms with Crippen molar-refractivity contribution in [2.24, 2.45) is 11.7 Å². The number of esters is 1. The highest BCUT2D eigenvalue weighted by atomic mass is 32.1. The normalized spacial score (nSPS) is 10.4. The lowest BCUT2D eigenvalue weighted by Crippen LogP contribution is -2.32. The summed E-state index contributed by atoms with van der Waals surface area (Å²) >= 11 is 4.91.